The summed E-state index contributed by atoms with van der Waals surface area (Å²) >= 11 is 0. The van der Waals surface area contributed by atoms with Gasteiger partial charge in [-0.1, -0.05) is 18.9 Å². The number of carbonyl (C=O) groups excluding carboxylic acids is 1. The van der Waals surface area contributed by atoms with Gasteiger partial charge in [0.25, 0.3) is 0 Å². The van der Waals surface area contributed by atoms with Gasteiger partial charge in [-0.05, 0) is 30.9 Å². The average molecular weight is 306 g/mol. The number of hydrogen-bond acceptors (Lipinski definition) is 4. The van der Waals surface area contributed by atoms with Crippen molar-refractivity contribution in [2.45, 2.75) is 56.8 Å². The van der Waals surface area contributed by atoms with Crippen LogP contribution in [-0.2, 0) is 16.0 Å². The zero-order chi connectivity index (χ0) is 15.9. The molecule has 0 aliphatic heterocycles. The lowest BCUT2D eigenvalue weighted by Crippen LogP contribution is -2.49. The van der Waals surface area contributed by atoms with E-state index in [4.69, 9.17) is 4.74 Å². The summed E-state index contributed by atoms with van der Waals surface area (Å²) in [6.07, 6.45) is 7.56. The maximum absolute atomic E-state index is 12.4. The molecular weight excluding hydrogens is 280 g/mol. The van der Waals surface area contributed by atoms with Crippen LogP contribution in [0.5, 0.6) is 0 Å². The number of nitrogens with zero attached hydrogens (tertiary/aromatic N) is 2. The predicted molar refractivity (Wildman–Crippen MR) is 84.4 cm³/mol. The lowest BCUT2D eigenvalue weighted by molar-refractivity contribution is -0.137. The van der Waals surface area contributed by atoms with Gasteiger partial charge in [0.2, 0.25) is 5.91 Å². The van der Waals surface area contributed by atoms with E-state index in [1.165, 1.54) is 0 Å². The molecule has 1 saturated carbocycles. The van der Waals surface area contributed by atoms with Crippen molar-refractivity contribution in [2.75, 3.05) is 14.2 Å². The number of aliphatic hydroxyl groups is 1. The van der Waals surface area contributed by atoms with Crippen molar-refractivity contribution >= 4 is 5.91 Å². The van der Waals surface area contributed by atoms with Gasteiger partial charge in [0.05, 0.1) is 12.1 Å². The van der Waals surface area contributed by atoms with Crippen LogP contribution in [0, 0.1) is 0 Å². The first-order chi connectivity index (χ1) is 10.6. The number of pyridine rings is 1. The Morgan fingerprint density at radius 3 is 2.91 bits per heavy atom. The van der Waals surface area contributed by atoms with E-state index in [0.29, 0.717) is 12.8 Å². The number of ether oxygens (including phenoxy) is 1. The minimum atomic E-state index is -0.611. The molecule has 3 atom stereocenters. The fraction of sp³-hybridized carbons (Fsp3) is 0.647. The molecule has 1 amide bonds. The first kappa shape index (κ1) is 16.9. The molecule has 122 valence electrons. The summed E-state index contributed by atoms with van der Waals surface area (Å²) in [4.78, 5) is 18.2. The molecular formula is C17H26N2O3. The zero-order valence-corrected chi connectivity index (χ0v) is 13.4. The Kier molecular flexibility index (Phi) is 6.34. The molecule has 0 bridgehead atoms. The van der Waals surface area contributed by atoms with Crippen LogP contribution in [0.25, 0.3) is 0 Å². The molecule has 0 radical (unpaired) electrons. The summed E-state index contributed by atoms with van der Waals surface area (Å²) in [7, 11) is 3.41. The Balaban J connectivity index is 1.93. The molecule has 1 fully saturated rings. The first-order valence-corrected chi connectivity index (χ1v) is 7.99. The van der Waals surface area contributed by atoms with Crippen LogP contribution >= 0.6 is 0 Å². The number of aromatic nitrogens is 1. The summed E-state index contributed by atoms with van der Waals surface area (Å²) in [6, 6.07) is 3.69. The van der Waals surface area contributed by atoms with E-state index in [2.05, 4.69) is 4.98 Å². The monoisotopic (exact) mass is 306 g/mol. The highest BCUT2D eigenvalue weighted by Gasteiger charge is 2.34. The van der Waals surface area contributed by atoms with Gasteiger partial charge in [0, 0.05) is 33.0 Å². The number of aliphatic hydroxyl groups excluding tert-OH is 1. The summed E-state index contributed by atoms with van der Waals surface area (Å²) in [5.74, 6) is 0.0599. The van der Waals surface area contributed by atoms with E-state index in [1.54, 1.807) is 31.5 Å². The van der Waals surface area contributed by atoms with Crippen LogP contribution in [0.3, 0.4) is 0 Å². The second-order valence-corrected chi connectivity index (χ2v) is 5.98. The molecule has 0 aromatic carbocycles. The third-order valence-electron chi connectivity index (χ3n) is 4.56. The Morgan fingerprint density at radius 2 is 2.23 bits per heavy atom. The van der Waals surface area contributed by atoms with E-state index in [-0.39, 0.29) is 18.1 Å². The van der Waals surface area contributed by atoms with Crippen molar-refractivity contribution in [3.63, 3.8) is 0 Å². The number of hydrogen-bond donors (Lipinski definition) is 1. The van der Waals surface area contributed by atoms with E-state index < -0.39 is 6.10 Å². The van der Waals surface area contributed by atoms with Crippen molar-refractivity contribution in [2.24, 2.45) is 0 Å². The summed E-state index contributed by atoms with van der Waals surface area (Å²) in [6.45, 7) is 0. The topological polar surface area (TPSA) is 62.7 Å². The van der Waals surface area contributed by atoms with Gasteiger partial charge in [-0.25, -0.2) is 0 Å². The smallest absolute Gasteiger partial charge is 0.222 e. The summed E-state index contributed by atoms with van der Waals surface area (Å²) < 4.78 is 5.38. The van der Waals surface area contributed by atoms with E-state index in [1.807, 2.05) is 12.1 Å². The molecule has 0 spiro atoms. The molecule has 5 nitrogen and oxygen atoms in total. The van der Waals surface area contributed by atoms with E-state index in [9.17, 15) is 9.90 Å². The molecule has 1 aliphatic carbocycles. The van der Waals surface area contributed by atoms with Crippen molar-refractivity contribution in [3.05, 3.63) is 30.1 Å². The van der Waals surface area contributed by atoms with Crippen molar-refractivity contribution in [1.29, 1.82) is 0 Å². The van der Waals surface area contributed by atoms with Crippen LogP contribution < -0.4 is 0 Å². The number of carbonyl (C=O) groups is 1. The van der Waals surface area contributed by atoms with Crippen LogP contribution in [0.1, 0.15) is 37.7 Å². The number of methoxy groups -OCH3 is 1. The zero-order valence-electron chi connectivity index (χ0n) is 13.4. The molecule has 22 heavy (non-hydrogen) atoms. The van der Waals surface area contributed by atoms with Gasteiger partial charge in [-0.2, -0.15) is 0 Å². The molecule has 1 aromatic rings. The van der Waals surface area contributed by atoms with E-state index in [0.717, 1.165) is 31.2 Å². The van der Waals surface area contributed by atoms with Crippen LogP contribution in [0.2, 0.25) is 0 Å². The van der Waals surface area contributed by atoms with Gasteiger partial charge < -0.3 is 14.7 Å². The Morgan fingerprint density at radius 1 is 1.45 bits per heavy atom. The van der Waals surface area contributed by atoms with Crippen molar-refractivity contribution in [3.8, 4) is 0 Å². The van der Waals surface area contributed by atoms with Gasteiger partial charge >= 0.3 is 0 Å². The van der Waals surface area contributed by atoms with Gasteiger partial charge in [0.1, 0.15) is 6.10 Å². The Bertz CT molecular complexity index is 466. The van der Waals surface area contributed by atoms with Gasteiger partial charge in [-0.15, -0.1) is 0 Å². The highest BCUT2D eigenvalue weighted by atomic mass is 16.5. The molecule has 1 heterocycles. The van der Waals surface area contributed by atoms with E-state index >= 15 is 0 Å². The fourth-order valence-corrected chi connectivity index (χ4v) is 3.13. The largest absolute Gasteiger partial charge is 0.388 e. The lowest BCUT2D eigenvalue weighted by Gasteiger charge is -2.33. The minimum absolute atomic E-state index is 0.0599. The maximum Gasteiger partial charge on any atom is 0.222 e. The molecule has 1 N–H and O–H groups in total. The molecule has 2 rings (SSSR count). The average Bonchev–Trinajstić information content (AvgIpc) is 2.74. The number of amides is 1. The number of rotatable bonds is 5. The fourth-order valence-electron chi connectivity index (χ4n) is 3.13. The highest BCUT2D eigenvalue weighted by Crippen LogP contribution is 2.24. The minimum Gasteiger partial charge on any atom is -0.388 e. The normalized spacial score (nSPS) is 25.5. The van der Waals surface area contributed by atoms with Crippen LogP contribution in [-0.4, -0.2) is 53.3 Å². The third kappa shape index (κ3) is 4.27. The molecule has 1 aromatic heterocycles. The Hall–Kier alpha value is -1.46. The SMILES string of the molecule is CO[C@@H]1CCCC[C@@H](N(C)C(=O)CCc2cccnc2)[C@H]1O. The second-order valence-electron chi connectivity index (χ2n) is 5.98. The molecule has 0 saturated heterocycles. The highest BCUT2D eigenvalue weighted by molar-refractivity contribution is 5.76. The molecule has 0 unspecified atom stereocenters. The Labute approximate surface area is 132 Å². The first-order valence-electron chi connectivity index (χ1n) is 7.99. The molecule has 5 heteroatoms. The predicted octanol–water partition coefficient (Wildman–Crippen LogP) is 1.79. The lowest BCUT2D eigenvalue weighted by atomic mass is 10.0. The third-order valence-corrected chi connectivity index (χ3v) is 4.56. The van der Waals surface area contributed by atoms with Gasteiger partial charge in [-0.3, -0.25) is 9.78 Å². The second kappa shape index (κ2) is 8.25. The molecule has 1 aliphatic rings. The van der Waals surface area contributed by atoms with Crippen molar-refractivity contribution < 1.29 is 14.6 Å². The van der Waals surface area contributed by atoms with Crippen molar-refractivity contribution in [1.82, 2.24) is 9.88 Å². The quantitative estimate of drug-likeness (QED) is 0.843. The number of likely N-dealkylation sites (N-methyl/N-ethyl adjacent to an activating group) is 1. The summed E-state index contributed by atoms with van der Waals surface area (Å²) in [5, 5.41) is 10.5. The van der Waals surface area contributed by atoms with Crippen LogP contribution in [0.15, 0.2) is 24.5 Å². The van der Waals surface area contributed by atoms with Gasteiger partial charge in [0.15, 0.2) is 0 Å². The summed E-state index contributed by atoms with van der Waals surface area (Å²) in [5.41, 5.74) is 1.06. The standard InChI is InChI=1S/C17H26N2O3/c1-19(14-7-3-4-8-15(22-2)17(14)21)16(20)10-9-13-6-5-11-18-12-13/h5-6,11-12,14-15,17,21H,3-4,7-10H2,1-2H3/t14-,15-,17-/m1/s1. The van der Waals surface area contributed by atoms with Crippen LogP contribution in [0.4, 0.5) is 0 Å². The maximum atomic E-state index is 12.4. The number of aryl methyl sites for hydroxylation is 1.